The highest BCUT2D eigenvalue weighted by Gasteiger charge is 2.15. The first-order chi connectivity index (χ1) is 12.7. The molecule has 146 valence electrons. The van der Waals surface area contributed by atoms with Crippen LogP contribution < -0.4 is 10.6 Å². The van der Waals surface area contributed by atoms with Gasteiger partial charge in [0, 0.05) is 32.8 Å². The SMILES string of the molecule is CCNC(=NCc1cccc(CN(C)C)c1)NCCCOC1CCOC1. The van der Waals surface area contributed by atoms with Gasteiger partial charge in [-0.2, -0.15) is 0 Å². The molecule has 1 atom stereocenters. The first kappa shape index (κ1) is 20.7. The maximum atomic E-state index is 5.79. The first-order valence-corrected chi connectivity index (χ1v) is 9.61. The third-order valence-electron chi connectivity index (χ3n) is 4.11. The molecule has 6 heteroatoms. The molecule has 0 spiro atoms. The van der Waals surface area contributed by atoms with E-state index in [0.29, 0.717) is 6.54 Å². The summed E-state index contributed by atoms with van der Waals surface area (Å²) >= 11 is 0. The fourth-order valence-electron chi connectivity index (χ4n) is 2.88. The third kappa shape index (κ3) is 8.17. The Balaban J connectivity index is 1.74. The largest absolute Gasteiger partial charge is 0.379 e. The maximum Gasteiger partial charge on any atom is 0.191 e. The summed E-state index contributed by atoms with van der Waals surface area (Å²) in [6.07, 6.45) is 2.26. The van der Waals surface area contributed by atoms with Gasteiger partial charge in [0.2, 0.25) is 0 Å². The van der Waals surface area contributed by atoms with E-state index in [1.54, 1.807) is 0 Å². The smallest absolute Gasteiger partial charge is 0.191 e. The van der Waals surface area contributed by atoms with Crippen molar-refractivity contribution < 1.29 is 9.47 Å². The third-order valence-corrected chi connectivity index (χ3v) is 4.11. The zero-order valence-corrected chi connectivity index (χ0v) is 16.5. The fraction of sp³-hybridized carbons (Fsp3) is 0.650. The van der Waals surface area contributed by atoms with Gasteiger partial charge in [-0.05, 0) is 45.0 Å². The lowest BCUT2D eigenvalue weighted by Gasteiger charge is -2.13. The van der Waals surface area contributed by atoms with Crippen LogP contribution >= 0.6 is 0 Å². The number of aliphatic imine (C=N–C) groups is 1. The molecule has 0 bridgehead atoms. The number of benzene rings is 1. The molecular weight excluding hydrogens is 328 g/mol. The minimum Gasteiger partial charge on any atom is -0.379 e. The summed E-state index contributed by atoms with van der Waals surface area (Å²) in [5.74, 6) is 0.856. The zero-order chi connectivity index (χ0) is 18.6. The molecule has 0 amide bonds. The second-order valence-corrected chi connectivity index (χ2v) is 6.89. The van der Waals surface area contributed by atoms with E-state index in [2.05, 4.69) is 60.8 Å². The molecule has 1 aliphatic heterocycles. The van der Waals surface area contributed by atoms with E-state index in [1.165, 1.54) is 11.1 Å². The number of hydrogen-bond acceptors (Lipinski definition) is 4. The van der Waals surface area contributed by atoms with Crippen LogP contribution in [0.4, 0.5) is 0 Å². The summed E-state index contributed by atoms with van der Waals surface area (Å²) in [4.78, 5) is 6.87. The Morgan fingerprint density at radius 1 is 1.31 bits per heavy atom. The highest BCUT2D eigenvalue weighted by Crippen LogP contribution is 2.09. The molecule has 1 saturated heterocycles. The number of guanidine groups is 1. The minimum absolute atomic E-state index is 0.284. The number of ether oxygens (including phenoxy) is 2. The number of nitrogens with one attached hydrogen (secondary N) is 2. The lowest BCUT2D eigenvalue weighted by atomic mass is 10.1. The summed E-state index contributed by atoms with van der Waals surface area (Å²) in [5, 5.41) is 6.68. The molecule has 6 nitrogen and oxygen atoms in total. The van der Waals surface area contributed by atoms with Gasteiger partial charge in [0.25, 0.3) is 0 Å². The van der Waals surface area contributed by atoms with Gasteiger partial charge in [0.05, 0.1) is 19.3 Å². The summed E-state index contributed by atoms with van der Waals surface area (Å²) in [7, 11) is 4.17. The van der Waals surface area contributed by atoms with Gasteiger partial charge in [-0.1, -0.05) is 24.3 Å². The van der Waals surface area contributed by atoms with Gasteiger partial charge in [-0.3, -0.25) is 0 Å². The minimum atomic E-state index is 0.284. The van der Waals surface area contributed by atoms with Crippen LogP contribution in [0.1, 0.15) is 30.9 Å². The van der Waals surface area contributed by atoms with Crippen molar-refractivity contribution in [2.75, 3.05) is 47.0 Å². The normalized spacial score (nSPS) is 17.7. The molecule has 1 heterocycles. The van der Waals surface area contributed by atoms with Crippen LogP contribution in [-0.2, 0) is 22.6 Å². The van der Waals surface area contributed by atoms with Gasteiger partial charge < -0.3 is 25.0 Å². The average Bonchev–Trinajstić information content (AvgIpc) is 3.12. The highest BCUT2D eigenvalue weighted by molar-refractivity contribution is 5.79. The molecule has 2 N–H and O–H groups in total. The predicted molar refractivity (Wildman–Crippen MR) is 106 cm³/mol. The van der Waals surface area contributed by atoms with Crippen LogP contribution in [0.2, 0.25) is 0 Å². The predicted octanol–water partition coefficient (Wildman–Crippen LogP) is 2.00. The van der Waals surface area contributed by atoms with Crippen LogP contribution in [0.3, 0.4) is 0 Å². The highest BCUT2D eigenvalue weighted by atomic mass is 16.5. The topological polar surface area (TPSA) is 58.1 Å². The Hall–Kier alpha value is -1.63. The lowest BCUT2D eigenvalue weighted by Crippen LogP contribution is -2.38. The quantitative estimate of drug-likeness (QED) is 0.379. The Kier molecular flexibility index (Phi) is 9.45. The van der Waals surface area contributed by atoms with Crippen LogP contribution in [0.5, 0.6) is 0 Å². The van der Waals surface area contributed by atoms with Crippen molar-refractivity contribution >= 4 is 5.96 Å². The van der Waals surface area contributed by atoms with Crippen molar-refractivity contribution in [3.63, 3.8) is 0 Å². The molecule has 1 aliphatic rings. The molecule has 0 saturated carbocycles. The molecule has 1 aromatic carbocycles. The van der Waals surface area contributed by atoms with Crippen molar-refractivity contribution in [3.05, 3.63) is 35.4 Å². The number of hydrogen-bond donors (Lipinski definition) is 2. The first-order valence-electron chi connectivity index (χ1n) is 9.61. The van der Waals surface area contributed by atoms with Crippen LogP contribution in [0, 0.1) is 0 Å². The summed E-state index contributed by atoms with van der Waals surface area (Å²) in [6.45, 7) is 7.72. The van der Waals surface area contributed by atoms with Crippen LogP contribution in [0.15, 0.2) is 29.3 Å². The molecule has 0 aromatic heterocycles. The van der Waals surface area contributed by atoms with Crippen molar-refractivity contribution in [2.45, 2.75) is 39.0 Å². The van der Waals surface area contributed by atoms with Gasteiger partial charge in [0.15, 0.2) is 5.96 Å². The van der Waals surface area contributed by atoms with E-state index < -0.39 is 0 Å². The zero-order valence-electron chi connectivity index (χ0n) is 16.5. The summed E-state index contributed by atoms with van der Waals surface area (Å²) < 4.78 is 11.1. The second kappa shape index (κ2) is 11.9. The second-order valence-electron chi connectivity index (χ2n) is 6.89. The van der Waals surface area contributed by atoms with E-state index in [9.17, 15) is 0 Å². The van der Waals surface area contributed by atoms with Gasteiger partial charge in [-0.15, -0.1) is 0 Å². The summed E-state index contributed by atoms with van der Waals surface area (Å²) in [6, 6.07) is 8.62. The Morgan fingerprint density at radius 3 is 2.88 bits per heavy atom. The van der Waals surface area contributed by atoms with Crippen LogP contribution in [-0.4, -0.2) is 64.0 Å². The Morgan fingerprint density at radius 2 is 2.15 bits per heavy atom. The molecule has 0 aliphatic carbocycles. The van der Waals surface area contributed by atoms with Crippen molar-refractivity contribution in [1.29, 1.82) is 0 Å². The standard InChI is InChI=1S/C20H34N4O2/c1-4-21-20(22-10-6-11-26-19-9-12-25-16-19)23-14-17-7-5-8-18(13-17)15-24(2)3/h5,7-8,13,19H,4,6,9-12,14-16H2,1-3H3,(H2,21,22,23). The van der Waals surface area contributed by atoms with E-state index in [-0.39, 0.29) is 6.10 Å². The van der Waals surface area contributed by atoms with Crippen LogP contribution in [0.25, 0.3) is 0 Å². The van der Waals surface area contributed by atoms with Gasteiger partial charge in [-0.25, -0.2) is 4.99 Å². The molecule has 1 unspecified atom stereocenters. The van der Waals surface area contributed by atoms with E-state index in [4.69, 9.17) is 14.5 Å². The molecule has 26 heavy (non-hydrogen) atoms. The average molecular weight is 363 g/mol. The van der Waals surface area contributed by atoms with Crippen molar-refractivity contribution in [3.8, 4) is 0 Å². The Labute approximate surface area is 158 Å². The van der Waals surface area contributed by atoms with E-state index in [1.807, 2.05) is 0 Å². The molecular formula is C20H34N4O2. The van der Waals surface area contributed by atoms with Crippen molar-refractivity contribution in [2.24, 2.45) is 4.99 Å². The lowest BCUT2D eigenvalue weighted by molar-refractivity contribution is 0.0420. The summed E-state index contributed by atoms with van der Waals surface area (Å²) in [5.41, 5.74) is 2.54. The number of nitrogens with zero attached hydrogens (tertiary/aromatic N) is 2. The maximum absolute atomic E-state index is 5.79. The van der Waals surface area contributed by atoms with E-state index in [0.717, 1.165) is 58.3 Å². The van der Waals surface area contributed by atoms with Crippen molar-refractivity contribution in [1.82, 2.24) is 15.5 Å². The number of rotatable bonds is 10. The Bertz CT molecular complexity index is 542. The molecule has 0 radical (unpaired) electrons. The molecule has 1 fully saturated rings. The van der Waals surface area contributed by atoms with Gasteiger partial charge in [0.1, 0.15) is 0 Å². The molecule has 2 rings (SSSR count). The molecule has 1 aromatic rings. The fourth-order valence-corrected chi connectivity index (χ4v) is 2.88. The van der Waals surface area contributed by atoms with E-state index >= 15 is 0 Å². The monoisotopic (exact) mass is 362 g/mol. The van der Waals surface area contributed by atoms with Gasteiger partial charge >= 0.3 is 0 Å².